The Kier molecular flexibility index (Phi) is 3.00. The first-order valence-electron chi connectivity index (χ1n) is 5.56. The van der Waals surface area contributed by atoms with Gasteiger partial charge in [0, 0.05) is 12.3 Å². The van der Waals surface area contributed by atoms with Crippen molar-refractivity contribution in [2.75, 3.05) is 0 Å². The summed E-state index contributed by atoms with van der Waals surface area (Å²) < 4.78 is 19.7. The fraction of sp³-hybridized carbons (Fsp3) is 0.0769. The molecule has 6 heteroatoms. The lowest BCUT2D eigenvalue weighted by Crippen LogP contribution is -2.19. The molecular weight excluding hydrogens is 267 g/mol. The van der Waals surface area contributed by atoms with E-state index in [0.717, 1.165) is 17.1 Å². The molecule has 0 radical (unpaired) electrons. The number of hydrogen-bond acceptors (Lipinski definition) is 4. The van der Waals surface area contributed by atoms with Gasteiger partial charge in [-0.25, -0.2) is 9.37 Å². The highest BCUT2D eigenvalue weighted by atomic mass is 32.1. The van der Waals surface area contributed by atoms with Gasteiger partial charge in [0.15, 0.2) is 0 Å². The van der Waals surface area contributed by atoms with Crippen molar-refractivity contribution in [1.82, 2.24) is 9.55 Å². The minimum atomic E-state index is -0.457. The molecule has 0 unspecified atom stereocenters. The molecule has 3 rings (SSSR count). The number of rotatable bonds is 3. The molecule has 4 nitrogen and oxygen atoms in total. The van der Waals surface area contributed by atoms with Gasteiger partial charge in [-0.3, -0.25) is 4.79 Å². The summed E-state index contributed by atoms with van der Waals surface area (Å²) in [6, 6.07) is 6.13. The smallest absolute Gasteiger partial charge is 0.251 e. The maximum atomic E-state index is 13.1. The van der Waals surface area contributed by atoms with Gasteiger partial charge < -0.3 is 8.98 Å². The zero-order valence-corrected chi connectivity index (χ0v) is 10.6. The lowest BCUT2D eigenvalue weighted by Gasteiger charge is -2.01. The summed E-state index contributed by atoms with van der Waals surface area (Å²) in [5, 5.41) is 1.93. The second-order valence-electron chi connectivity index (χ2n) is 3.93. The molecule has 0 atom stereocenters. The van der Waals surface area contributed by atoms with Crippen molar-refractivity contribution < 1.29 is 8.81 Å². The van der Waals surface area contributed by atoms with E-state index in [2.05, 4.69) is 4.98 Å². The number of oxazole rings is 1. The summed E-state index contributed by atoms with van der Waals surface area (Å²) in [6.07, 6.45) is 2.63. The lowest BCUT2D eigenvalue weighted by atomic mass is 10.4. The van der Waals surface area contributed by atoms with Gasteiger partial charge in [0.1, 0.15) is 12.1 Å². The summed E-state index contributed by atoms with van der Waals surface area (Å²) >= 11 is 1.52. The van der Waals surface area contributed by atoms with E-state index in [-0.39, 0.29) is 12.1 Å². The number of nitrogens with zero attached hydrogens (tertiary/aromatic N) is 2. The quantitative estimate of drug-likeness (QED) is 0.739. The van der Waals surface area contributed by atoms with E-state index >= 15 is 0 Å². The zero-order valence-electron chi connectivity index (χ0n) is 9.75. The van der Waals surface area contributed by atoms with E-state index in [4.69, 9.17) is 4.42 Å². The average Bonchev–Trinajstić information content (AvgIpc) is 3.04. The van der Waals surface area contributed by atoms with Crippen LogP contribution in [0.15, 0.2) is 51.3 Å². The first-order valence-corrected chi connectivity index (χ1v) is 6.44. The maximum absolute atomic E-state index is 13.1. The number of halogens is 1. The molecule has 0 saturated heterocycles. The van der Waals surface area contributed by atoms with Gasteiger partial charge in [-0.15, -0.1) is 11.3 Å². The molecule has 3 aromatic heterocycles. The summed E-state index contributed by atoms with van der Waals surface area (Å²) in [5.41, 5.74) is 0.304. The fourth-order valence-electron chi connectivity index (χ4n) is 1.69. The van der Waals surface area contributed by atoms with Crippen molar-refractivity contribution in [3.05, 3.63) is 64.0 Å². The Morgan fingerprint density at radius 1 is 1.37 bits per heavy atom. The van der Waals surface area contributed by atoms with Gasteiger partial charge in [-0.2, -0.15) is 0 Å². The Hall–Kier alpha value is -2.21. The second kappa shape index (κ2) is 4.81. The van der Waals surface area contributed by atoms with Crippen LogP contribution in [0.4, 0.5) is 4.39 Å². The highest BCUT2D eigenvalue weighted by Crippen LogP contribution is 2.23. The molecule has 0 aliphatic rings. The summed E-state index contributed by atoms with van der Waals surface area (Å²) in [4.78, 5) is 16.7. The van der Waals surface area contributed by atoms with E-state index < -0.39 is 5.82 Å². The zero-order chi connectivity index (χ0) is 13.2. The SMILES string of the molecule is O=c1ccc(F)cn1Cc1coc(-c2cccs2)n1. The average molecular weight is 276 g/mol. The van der Waals surface area contributed by atoms with Crippen LogP contribution in [-0.4, -0.2) is 9.55 Å². The third-order valence-electron chi connectivity index (χ3n) is 2.56. The van der Waals surface area contributed by atoms with Crippen molar-refractivity contribution in [2.24, 2.45) is 0 Å². The largest absolute Gasteiger partial charge is 0.443 e. The molecule has 3 heterocycles. The van der Waals surface area contributed by atoms with E-state index in [1.807, 2.05) is 17.5 Å². The lowest BCUT2D eigenvalue weighted by molar-refractivity contribution is 0.569. The third-order valence-corrected chi connectivity index (χ3v) is 3.42. The van der Waals surface area contributed by atoms with Crippen LogP contribution in [-0.2, 0) is 6.54 Å². The molecule has 0 N–H and O–H groups in total. The standard InChI is InChI=1S/C13H9FN2O2S/c14-9-3-4-12(17)16(6-9)7-10-8-18-13(15-10)11-2-1-5-19-11/h1-6,8H,7H2. The fourth-order valence-corrected chi connectivity index (χ4v) is 2.35. The molecule has 0 saturated carbocycles. The van der Waals surface area contributed by atoms with Crippen LogP contribution in [0.2, 0.25) is 0 Å². The van der Waals surface area contributed by atoms with Crippen LogP contribution in [0.25, 0.3) is 10.8 Å². The van der Waals surface area contributed by atoms with Gasteiger partial charge in [-0.05, 0) is 17.5 Å². The van der Waals surface area contributed by atoms with Crippen LogP contribution < -0.4 is 5.56 Å². The minimum absolute atomic E-state index is 0.186. The predicted octanol–water partition coefficient (Wildman–Crippen LogP) is 2.75. The molecule has 19 heavy (non-hydrogen) atoms. The van der Waals surface area contributed by atoms with Gasteiger partial charge in [-0.1, -0.05) is 6.07 Å². The molecule has 0 fully saturated rings. The van der Waals surface area contributed by atoms with Crippen LogP contribution >= 0.6 is 11.3 Å². The van der Waals surface area contributed by atoms with E-state index in [1.165, 1.54) is 28.2 Å². The highest BCUT2D eigenvalue weighted by Gasteiger charge is 2.08. The van der Waals surface area contributed by atoms with E-state index in [9.17, 15) is 9.18 Å². The predicted molar refractivity (Wildman–Crippen MR) is 69.6 cm³/mol. The molecule has 0 aliphatic heterocycles. The van der Waals surface area contributed by atoms with Crippen molar-refractivity contribution in [3.63, 3.8) is 0 Å². The Bertz CT molecular complexity index is 746. The molecule has 0 aliphatic carbocycles. The van der Waals surface area contributed by atoms with Gasteiger partial charge >= 0.3 is 0 Å². The molecule has 96 valence electrons. The topological polar surface area (TPSA) is 48.0 Å². The monoisotopic (exact) mass is 276 g/mol. The first-order chi connectivity index (χ1) is 9.22. The normalized spacial score (nSPS) is 10.8. The number of aromatic nitrogens is 2. The molecule has 0 amide bonds. The van der Waals surface area contributed by atoms with E-state index in [0.29, 0.717) is 11.6 Å². The maximum Gasteiger partial charge on any atom is 0.251 e. The Morgan fingerprint density at radius 3 is 3.05 bits per heavy atom. The summed E-state index contributed by atoms with van der Waals surface area (Å²) in [5.74, 6) is 0.0519. The van der Waals surface area contributed by atoms with Crippen molar-refractivity contribution in [1.29, 1.82) is 0 Å². The third kappa shape index (κ3) is 2.48. The molecule has 3 aromatic rings. The summed E-state index contributed by atoms with van der Waals surface area (Å²) in [7, 11) is 0. The van der Waals surface area contributed by atoms with Crippen LogP contribution in [0.5, 0.6) is 0 Å². The van der Waals surface area contributed by atoms with Crippen molar-refractivity contribution >= 4 is 11.3 Å². The number of thiophene rings is 1. The first kappa shape index (κ1) is 11.9. The molecule has 0 spiro atoms. The van der Waals surface area contributed by atoms with Crippen LogP contribution in [0.3, 0.4) is 0 Å². The van der Waals surface area contributed by atoms with Gasteiger partial charge in [0.2, 0.25) is 5.89 Å². The number of hydrogen-bond donors (Lipinski definition) is 0. The molecule has 0 bridgehead atoms. The van der Waals surface area contributed by atoms with Crippen molar-refractivity contribution in [3.8, 4) is 10.8 Å². The molecule has 0 aromatic carbocycles. The minimum Gasteiger partial charge on any atom is -0.443 e. The molecular formula is C13H9FN2O2S. The summed E-state index contributed by atoms with van der Waals surface area (Å²) in [6.45, 7) is 0.186. The number of pyridine rings is 1. The van der Waals surface area contributed by atoms with Crippen LogP contribution in [0.1, 0.15) is 5.69 Å². The van der Waals surface area contributed by atoms with E-state index in [1.54, 1.807) is 0 Å². The Balaban J connectivity index is 1.88. The van der Waals surface area contributed by atoms with Gasteiger partial charge in [0.05, 0.1) is 17.1 Å². The Morgan fingerprint density at radius 2 is 2.26 bits per heavy atom. The highest BCUT2D eigenvalue weighted by molar-refractivity contribution is 7.13. The van der Waals surface area contributed by atoms with Gasteiger partial charge in [0.25, 0.3) is 5.56 Å². The van der Waals surface area contributed by atoms with Crippen LogP contribution in [0, 0.1) is 5.82 Å². The van der Waals surface area contributed by atoms with Crippen molar-refractivity contribution in [2.45, 2.75) is 6.54 Å². The Labute approximate surface area is 111 Å². The second-order valence-corrected chi connectivity index (χ2v) is 4.88.